The summed E-state index contributed by atoms with van der Waals surface area (Å²) < 4.78 is 0. The Morgan fingerprint density at radius 2 is 2.15 bits per heavy atom. The first-order valence-corrected chi connectivity index (χ1v) is 5.73. The Hall–Kier alpha value is -2.96. The van der Waals surface area contributed by atoms with Gasteiger partial charge in [-0.3, -0.25) is 15.1 Å². The molecule has 0 aliphatic rings. The van der Waals surface area contributed by atoms with Crippen LogP contribution < -0.4 is 5.32 Å². The molecule has 1 heterocycles. The average Bonchev–Trinajstić information content (AvgIpc) is 2.45. The van der Waals surface area contributed by atoms with E-state index in [4.69, 9.17) is 5.11 Å². The van der Waals surface area contributed by atoms with Crippen molar-refractivity contribution in [1.82, 2.24) is 4.98 Å². The molecule has 0 aliphatic carbocycles. The van der Waals surface area contributed by atoms with Crippen LogP contribution in [0.3, 0.4) is 0 Å². The molecule has 7 heteroatoms. The molecule has 0 saturated heterocycles. The molecule has 0 bridgehead atoms. The van der Waals surface area contributed by atoms with Gasteiger partial charge in [-0.2, -0.15) is 0 Å². The van der Waals surface area contributed by atoms with Gasteiger partial charge in [0.2, 0.25) is 0 Å². The van der Waals surface area contributed by atoms with Crippen LogP contribution in [0, 0.1) is 10.1 Å². The van der Waals surface area contributed by atoms with Crippen molar-refractivity contribution in [3.05, 3.63) is 64.0 Å². The molecule has 2 rings (SSSR count). The lowest BCUT2D eigenvalue weighted by molar-refractivity contribution is -0.384. The van der Waals surface area contributed by atoms with Crippen molar-refractivity contribution in [3.63, 3.8) is 0 Å². The van der Waals surface area contributed by atoms with E-state index in [9.17, 15) is 14.9 Å². The molecule has 0 atom stereocenters. The molecule has 0 unspecified atom stereocenters. The Balaban J connectivity index is 2.23. The SMILES string of the molecule is O=C(O)c1ccc(NCc2ccccn2)c([N+](=O)[O-])c1. The van der Waals surface area contributed by atoms with Gasteiger partial charge in [0, 0.05) is 12.3 Å². The van der Waals surface area contributed by atoms with Crippen molar-refractivity contribution in [1.29, 1.82) is 0 Å². The normalized spacial score (nSPS) is 10.0. The van der Waals surface area contributed by atoms with Gasteiger partial charge in [0.15, 0.2) is 0 Å². The minimum Gasteiger partial charge on any atom is -0.478 e. The average molecular weight is 273 g/mol. The van der Waals surface area contributed by atoms with Gasteiger partial charge in [-0.05, 0) is 24.3 Å². The fourth-order valence-corrected chi connectivity index (χ4v) is 1.65. The minimum atomic E-state index is -1.20. The largest absolute Gasteiger partial charge is 0.478 e. The molecule has 0 amide bonds. The molecule has 1 aromatic carbocycles. The summed E-state index contributed by atoms with van der Waals surface area (Å²) in [6.45, 7) is 0.314. The molecule has 2 aromatic rings. The van der Waals surface area contributed by atoms with Crippen molar-refractivity contribution in [3.8, 4) is 0 Å². The first kappa shape index (κ1) is 13.5. The minimum absolute atomic E-state index is 0.125. The number of benzene rings is 1. The fourth-order valence-electron chi connectivity index (χ4n) is 1.65. The number of rotatable bonds is 5. The van der Waals surface area contributed by atoms with Gasteiger partial charge in [0.1, 0.15) is 5.69 Å². The van der Waals surface area contributed by atoms with Gasteiger partial charge >= 0.3 is 5.97 Å². The zero-order valence-electron chi connectivity index (χ0n) is 10.3. The number of aromatic carboxylic acids is 1. The number of pyridine rings is 1. The lowest BCUT2D eigenvalue weighted by atomic mass is 10.1. The Morgan fingerprint density at radius 1 is 1.35 bits per heavy atom. The van der Waals surface area contributed by atoms with Gasteiger partial charge < -0.3 is 10.4 Å². The lowest BCUT2D eigenvalue weighted by Crippen LogP contribution is -2.05. The Labute approximate surface area is 114 Å². The highest BCUT2D eigenvalue weighted by Crippen LogP contribution is 2.26. The molecular weight excluding hydrogens is 262 g/mol. The van der Waals surface area contributed by atoms with Gasteiger partial charge in [-0.25, -0.2) is 4.79 Å². The molecule has 0 spiro atoms. The number of carboxylic acid groups (broad SMARTS) is 1. The number of anilines is 1. The number of hydrogen-bond acceptors (Lipinski definition) is 5. The number of carbonyl (C=O) groups is 1. The smallest absolute Gasteiger partial charge is 0.335 e. The van der Waals surface area contributed by atoms with Crippen molar-refractivity contribution >= 4 is 17.3 Å². The van der Waals surface area contributed by atoms with Crippen LogP contribution in [0.25, 0.3) is 0 Å². The second-order valence-electron chi connectivity index (χ2n) is 3.97. The van der Waals surface area contributed by atoms with Crippen LogP contribution in [0.1, 0.15) is 16.1 Å². The van der Waals surface area contributed by atoms with Crippen LogP contribution >= 0.6 is 0 Å². The lowest BCUT2D eigenvalue weighted by Gasteiger charge is -2.07. The molecular formula is C13H11N3O4. The summed E-state index contributed by atoms with van der Waals surface area (Å²) in [5, 5.41) is 22.7. The van der Waals surface area contributed by atoms with Crippen molar-refractivity contribution in [2.24, 2.45) is 0 Å². The number of nitrogens with one attached hydrogen (secondary N) is 1. The van der Waals surface area contributed by atoms with E-state index >= 15 is 0 Å². The maximum absolute atomic E-state index is 11.0. The molecule has 1 aromatic heterocycles. The maximum atomic E-state index is 11.0. The summed E-state index contributed by atoms with van der Waals surface area (Å²) >= 11 is 0. The Bertz CT molecular complexity index is 643. The van der Waals surface area contributed by atoms with E-state index in [1.807, 2.05) is 6.07 Å². The summed E-state index contributed by atoms with van der Waals surface area (Å²) in [4.78, 5) is 25.2. The highest BCUT2D eigenvalue weighted by molar-refractivity contribution is 5.89. The van der Waals surface area contributed by atoms with E-state index in [-0.39, 0.29) is 16.9 Å². The molecule has 20 heavy (non-hydrogen) atoms. The van der Waals surface area contributed by atoms with E-state index in [1.54, 1.807) is 18.3 Å². The number of nitro groups is 1. The second-order valence-corrected chi connectivity index (χ2v) is 3.97. The van der Waals surface area contributed by atoms with E-state index in [0.29, 0.717) is 6.54 Å². The fraction of sp³-hybridized carbons (Fsp3) is 0.0769. The van der Waals surface area contributed by atoms with Crippen LogP contribution in [0.15, 0.2) is 42.6 Å². The summed E-state index contributed by atoms with van der Waals surface area (Å²) in [7, 11) is 0. The number of nitro benzene ring substituents is 1. The summed E-state index contributed by atoms with van der Waals surface area (Å²) in [5.41, 5.74) is 0.579. The van der Waals surface area contributed by atoms with Crippen LogP contribution in [-0.4, -0.2) is 21.0 Å². The highest BCUT2D eigenvalue weighted by atomic mass is 16.6. The third kappa shape index (κ3) is 3.08. The van der Waals surface area contributed by atoms with Gasteiger partial charge in [0.25, 0.3) is 5.69 Å². The zero-order valence-corrected chi connectivity index (χ0v) is 10.3. The van der Waals surface area contributed by atoms with Crippen molar-refractivity contribution in [2.45, 2.75) is 6.54 Å². The van der Waals surface area contributed by atoms with Gasteiger partial charge in [-0.15, -0.1) is 0 Å². The zero-order chi connectivity index (χ0) is 14.5. The van der Waals surface area contributed by atoms with Crippen LogP contribution in [-0.2, 0) is 6.54 Å². The third-order valence-electron chi connectivity index (χ3n) is 2.63. The summed E-state index contributed by atoms with van der Waals surface area (Å²) in [6.07, 6.45) is 1.62. The summed E-state index contributed by atoms with van der Waals surface area (Å²) in [6, 6.07) is 9.09. The number of nitrogens with zero attached hydrogens (tertiary/aromatic N) is 2. The molecule has 7 nitrogen and oxygen atoms in total. The first-order valence-electron chi connectivity index (χ1n) is 5.73. The number of hydrogen-bond donors (Lipinski definition) is 2. The molecule has 2 N–H and O–H groups in total. The van der Waals surface area contributed by atoms with Crippen LogP contribution in [0.2, 0.25) is 0 Å². The van der Waals surface area contributed by atoms with Crippen LogP contribution in [0.5, 0.6) is 0 Å². The van der Waals surface area contributed by atoms with Gasteiger partial charge in [0.05, 0.1) is 22.7 Å². The predicted molar refractivity (Wildman–Crippen MR) is 71.6 cm³/mol. The van der Waals surface area contributed by atoms with E-state index < -0.39 is 10.9 Å². The standard InChI is InChI=1S/C13H11N3O4/c17-13(18)9-4-5-11(12(7-9)16(19)20)15-8-10-3-1-2-6-14-10/h1-7,15H,8H2,(H,17,18). The van der Waals surface area contributed by atoms with E-state index in [1.165, 1.54) is 12.1 Å². The quantitative estimate of drug-likeness (QED) is 0.639. The third-order valence-corrected chi connectivity index (χ3v) is 2.63. The van der Waals surface area contributed by atoms with Crippen molar-refractivity contribution < 1.29 is 14.8 Å². The van der Waals surface area contributed by atoms with Crippen LogP contribution in [0.4, 0.5) is 11.4 Å². The maximum Gasteiger partial charge on any atom is 0.335 e. The molecule has 0 saturated carbocycles. The predicted octanol–water partition coefficient (Wildman–Crippen LogP) is 2.30. The number of aromatic nitrogens is 1. The monoisotopic (exact) mass is 273 g/mol. The molecule has 0 aliphatic heterocycles. The topological polar surface area (TPSA) is 105 Å². The summed E-state index contributed by atoms with van der Waals surface area (Å²) in [5.74, 6) is -1.20. The molecule has 0 fully saturated rings. The van der Waals surface area contributed by atoms with Crippen molar-refractivity contribution in [2.75, 3.05) is 5.32 Å². The highest BCUT2D eigenvalue weighted by Gasteiger charge is 2.17. The number of carboxylic acids is 1. The van der Waals surface area contributed by atoms with E-state index in [2.05, 4.69) is 10.3 Å². The molecule has 0 radical (unpaired) electrons. The van der Waals surface area contributed by atoms with Gasteiger partial charge in [-0.1, -0.05) is 6.07 Å². The van der Waals surface area contributed by atoms with E-state index in [0.717, 1.165) is 11.8 Å². The second kappa shape index (κ2) is 5.79. The first-order chi connectivity index (χ1) is 9.58. The Kier molecular flexibility index (Phi) is 3.90. The Morgan fingerprint density at radius 3 is 2.75 bits per heavy atom. The molecule has 102 valence electrons.